The Morgan fingerprint density at radius 1 is 1.21 bits per heavy atom. The zero-order valence-corrected chi connectivity index (χ0v) is 10.8. The van der Waals surface area contributed by atoms with Crippen molar-refractivity contribution in [2.45, 2.75) is 0 Å². The molecule has 2 rings (SSSR count). The number of ether oxygens (including phenoxy) is 1. The van der Waals surface area contributed by atoms with Gasteiger partial charge in [0.05, 0.1) is 7.11 Å². The number of methoxy groups -OCH3 is 1. The molecule has 98 valence electrons. The number of amides is 1. The summed E-state index contributed by atoms with van der Waals surface area (Å²) in [6.07, 6.45) is -0.593. The van der Waals surface area contributed by atoms with Crippen LogP contribution in [0.1, 0.15) is 0 Å². The van der Waals surface area contributed by atoms with Crippen molar-refractivity contribution in [1.29, 1.82) is 0 Å². The van der Waals surface area contributed by atoms with Crippen molar-refractivity contribution in [2.75, 3.05) is 17.7 Å². The SMILES string of the molecule is COC(=O)Nc1ccc(Nc2cccc(Cl)c2)nn1. The van der Waals surface area contributed by atoms with Gasteiger partial charge < -0.3 is 10.1 Å². The van der Waals surface area contributed by atoms with Crippen LogP contribution in [0.25, 0.3) is 0 Å². The number of carbonyl (C=O) groups excluding carboxylic acids is 1. The van der Waals surface area contributed by atoms with E-state index in [9.17, 15) is 4.79 Å². The van der Waals surface area contributed by atoms with Crippen molar-refractivity contribution in [2.24, 2.45) is 0 Å². The second-order valence-corrected chi connectivity index (χ2v) is 3.99. The van der Waals surface area contributed by atoms with Crippen LogP contribution in [0.5, 0.6) is 0 Å². The average Bonchev–Trinajstić information content (AvgIpc) is 2.41. The molecular formula is C12H11ClN4O2. The van der Waals surface area contributed by atoms with Gasteiger partial charge in [0.15, 0.2) is 11.6 Å². The molecule has 1 amide bonds. The van der Waals surface area contributed by atoms with E-state index in [1.807, 2.05) is 12.1 Å². The lowest BCUT2D eigenvalue weighted by Gasteiger charge is -2.06. The quantitative estimate of drug-likeness (QED) is 0.902. The summed E-state index contributed by atoms with van der Waals surface area (Å²) in [6.45, 7) is 0. The van der Waals surface area contributed by atoms with Gasteiger partial charge in [-0.05, 0) is 30.3 Å². The van der Waals surface area contributed by atoms with Gasteiger partial charge in [0.2, 0.25) is 0 Å². The monoisotopic (exact) mass is 278 g/mol. The fourth-order valence-corrected chi connectivity index (χ4v) is 1.53. The average molecular weight is 279 g/mol. The minimum Gasteiger partial charge on any atom is -0.453 e. The van der Waals surface area contributed by atoms with E-state index in [1.54, 1.807) is 24.3 Å². The van der Waals surface area contributed by atoms with Gasteiger partial charge in [-0.25, -0.2) is 4.79 Å². The number of aromatic nitrogens is 2. The third kappa shape index (κ3) is 3.82. The van der Waals surface area contributed by atoms with Crippen LogP contribution in [0.2, 0.25) is 5.02 Å². The van der Waals surface area contributed by atoms with Crippen LogP contribution in [0, 0.1) is 0 Å². The van der Waals surface area contributed by atoms with Gasteiger partial charge in [-0.15, -0.1) is 10.2 Å². The van der Waals surface area contributed by atoms with Gasteiger partial charge in [0, 0.05) is 10.7 Å². The number of halogens is 1. The number of nitrogens with zero attached hydrogens (tertiary/aromatic N) is 2. The Hall–Kier alpha value is -2.34. The second kappa shape index (κ2) is 6.01. The highest BCUT2D eigenvalue weighted by Gasteiger charge is 2.03. The maximum atomic E-state index is 11.0. The number of carbonyl (C=O) groups is 1. The number of hydrogen-bond acceptors (Lipinski definition) is 5. The van der Waals surface area contributed by atoms with Crippen LogP contribution in [0.3, 0.4) is 0 Å². The molecule has 1 heterocycles. The smallest absolute Gasteiger partial charge is 0.412 e. The molecule has 6 nitrogen and oxygen atoms in total. The van der Waals surface area contributed by atoms with Crippen molar-refractivity contribution < 1.29 is 9.53 Å². The van der Waals surface area contributed by atoms with Crippen LogP contribution in [-0.4, -0.2) is 23.4 Å². The molecule has 0 saturated carbocycles. The van der Waals surface area contributed by atoms with Crippen molar-refractivity contribution >= 4 is 35.0 Å². The Bertz CT molecular complexity index is 574. The third-order valence-corrected chi connectivity index (χ3v) is 2.41. The summed E-state index contributed by atoms with van der Waals surface area (Å²) in [7, 11) is 1.28. The summed E-state index contributed by atoms with van der Waals surface area (Å²) in [5.41, 5.74) is 0.801. The van der Waals surface area contributed by atoms with Crippen molar-refractivity contribution in [3.05, 3.63) is 41.4 Å². The van der Waals surface area contributed by atoms with Gasteiger partial charge in [0.1, 0.15) is 0 Å². The van der Waals surface area contributed by atoms with Crippen molar-refractivity contribution in [1.82, 2.24) is 10.2 Å². The number of hydrogen-bond donors (Lipinski definition) is 2. The highest BCUT2D eigenvalue weighted by atomic mass is 35.5. The Morgan fingerprint density at radius 2 is 1.95 bits per heavy atom. The number of nitrogens with one attached hydrogen (secondary N) is 2. The standard InChI is InChI=1S/C12H11ClN4O2/c1-19-12(18)15-11-6-5-10(16-17-11)14-9-4-2-3-8(13)7-9/h2-7H,1H3,(H,14,16)(H,15,17,18). The molecule has 0 aliphatic carbocycles. The van der Waals surface area contributed by atoms with E-state index in [-0.39, 0.29) is 0 Å². The Balaban J connectivity index is 2.04. The summed E-state index contributed by atoms with van der Waals surface area (Å²) < 4.78 is 4.45. The van der Waals surface area contributed by atoms with Gasteiger partial charge >= 0.3 is 6.09 Å². The maximum absolute atomic E-state index is 11.0. The first-order valence-corrected chi connectivity index (χ1v) is 5.76. The molecule has 0 radical (unpaired) electrons. The predicted octanol–water partition coefficient (Wildman–Crippen LogP) is 3.05. The van der Waals surface area contributed by atoms with E-state index >= 15 is 0 Å². The van der Waals surface area contributed by atoms with Crippen molar-refractivity contribution in [3.8, 4) is 0 Å². The zero-order valence-electron chi connectivity index (χ0n) is 10.1. The maximum Gasteiger partial charge on any atom is 0.412 e. The fraction of sp³-hybridized carbons (Fsp3) is 0.0833. The summed E-state index contributed by atoms with van der Waals surface area (Å²) >= 11 is 5.87. The highest BCUT2D eigenvalue weighted by Crippen LogP contribution is 2.18. The molecule has 0 bridgehead atoms. The minimum atomic E-state index is -0.593. The summed E-state index contributed by atoms with van der Waals surface area (Å²) in [5.74, 6) is 0.848. The van der Waals surface area contributed by atoms with Crippen LogP contribution < -0.4 is 10.6 Å². The number of rotatable bonds is 3. The van der Waals surface area contributed by atoms with Gasteiger partial charge in [-0.3, -0.25) is 5.32 Å². The Morgan fingerprint density at radius 3 is 2.58 bits per heavy atom. The molecule has 0 atom stereocenters. The Kier molecular flexibility index (Phi) is 4.15. The molecule has 7 heteroatoms. The summed E-state index contributed by atoms with van der Waals surface area (Å²) in [4.78, 5) is 11.0. The van der Waals surface area contributed by atoms with Crippen LogP contribution in [0.15, 0.2) is 36.4 Å². The molecule has 0 fully saturated rings. The van der Waals surface area contributed by atoms with Crippen molar-refractivity contribution in [3.63, 3.8) is 0 Å². The first-order chi connectivity index (χ1) is 9.17. The number of anilines is 3. The molecule has 2 N–H and O–H groups in total. The van der Waals surface area contributed by atoms with Crippen LogP contribution in [-0.2, 0) is 4.74 Å². The van der Waals surface area contributed by atoms with E-state index < -0.39 is 6.09 Å². The summed E-state index contributed by atoms with van der Waals surface area (Å²) in [6, 6.07) is 10.5. The lowest BCUT2D eigenvalue weighted by Crippen LogP contribution is -2.12. The highest BCUT2D eigenvalue weighted by molar-refractivity contribution is 6.30. The molecule has 0 saturated heterocycles. The molecule has 1 aromatic carbocycles. The lowest BCUT2D eigenvalue weighted by atomic mass is 10.3. The molecule has 2 aromatic rings. The Labute approximate surface area is 114 Å². The lowest BCUT2D eigenvalue weighted by molar-refractivity contribution is 0.187. The van der Waals surface area contributed by atoms with E-state index in [0.29, 0.717) is 16.7 Å². The minimum absolute atomic E-state index is 0.309. The van der Waals surface area contributed by atoms with E-state index in [4.69, 9.17) is 11.6 Å². The van der Waals surface area contributed by atoms with Crippen LogP contribution >= 0.6 is 11.6 Å². The molecular weight excluding hydrogens is 268 g/mol. The predicted molar refractivity (Wildman–Crippen MR) is 72.8 cm³/mol. The first-order valence-electron chi connectivity index (χ1n) is 5.38. The first kappa shape index (κ1) is 13.1. The largest absolute Gasteiger partial charge is 0.453 e. The molecule has 0 aliphatic heterocycles. The van der Waals surface area contributed by atoms with Gasteiger partial charge in [-0.1, -0.05) is 17.7 Å². The normalized spacial score (nSPS) is 9.79. The number of benzene rings is 1. The third-order valence-electron chi connectivity index (χ3n) is 2.18. The second-order valence-electron chi connectivity index (χ2n) is 3.56. The van der Waals surface area contributed by atoms with Gasteiger partial charge in [0.25, 0.3) is 0 Å². The van der Waals surface area contributed by atoms with Crippen LogP contribution in [0.4, 0.5) is 22.1 Å². The molecule has 0 unspecified atom stereocenters. The van der Waals surface area contributed by atoms with E-state index in [0.717, 1.165) is 5.69 Å². The zero-order chi connectivity index (χ0) is 13.7. The van der Waals surface area contributed by atoms with E-state index in [1.165, 1.54) is 7.11 Å². The molecule has 1 aromatic heterocycles. The fourth-order valence-electron chi connectivity index (χ4n) is 1.34. The van der Waals surface area contributed by atoms with E-state index in [2.05, 4.69) is 25.6 Å². The summed E-state index contributed by atoms with van der Waals surface area (Å²) in [5, 5.41) is 13.8. The molecule has 0 aliphatic rings. The molecule has 0 spiro atoms. The molecule has 19 heavy (non-hydrogen) atoms. The van der Waals surface area contributed by atoms with Gasteiger partial charge in [-0.2, -0.15) is 0 Å². The topological polar surface area (TPSA) is 76.1 Å².